The van der Waals surface area contributed by atoms with Crippen LogP contribution in [-0.2, 0) is 0 Å². The first-order valence-corrected chi connectivity index (χ1v) is 7.94. The van der Waals surface area contributed by atoms with Crippen LogP contribution in [0, 0.1) is 0 Å². The standard InChI is InChI=1S/C20H18N2O3/c23-20(22-16-10-12-21-13-11-16)18-8-4-5-9-19(18)25-15-14-24-17-6-2-1-3-7-17/h1-13H,14-15H2,(H,21,22,23). The highest BCUT2D eigenvalue weighted by atomic mass is 16.5. The number of carbonyl (C=O) groups is 1. The van der Waals surface area contributed by atoms with E-state index in [4.69, 9.17) is 9.47 Å². The first-order chi connectivity index (χ1) is 12.3. The van der Waals surface area contributed by atoms with E-state index in [9.17, 15) is 4.79 Å². The zero-order valence-electron chi connectivity index (χ0n) is 13.6. The van der Waals surface area contributed by atoms with Crippen LogP contribution in [-0.4, -0.2) is 24.1 Å². The Morgan fingerprint density at radius 1 is 0.840 bits per heavy atom. The molecule has 0 saturated carbocycles. The molecule has 0 fully saturated rings. The van der Waals surface area contributed by atoms with Crippen molar-refractivity contribution in [2.45, 2.75) is 0 Å². The van der Waals surface area contributed by atoms with Gasteiger partial charge in [0.2, 0.25) is 0 Å². The largest absolute Gasteiger partial charge is 0.490 e. The van der Waals surface area contributed by atoms with Gasteiger partial charge in [-0.3, -0.25) is 9.78 Å². The lowest BCUT2D eigenvalue weighted by molar-refractivity contribution is 0.102. The van der Waals surface area contributed by atoms with E-state index < -0.39 is 0 Å². The van der Waals surface area contributed by atoms with Crippen LogP contribution in [0.2, 0.25) is 0 Å². The molecule has 1 heterocycles. The Labute approximate surface area is 146 Å². The SMILES string of the molecule is O=C(Nc1ccncc1)c1ccccc1OCCOc1ccccc1. The normalized spacial score (nSPS) is 10.1. The number of ether oxygens (including phenoxy) is 2. The van der Waals surface area contributed by atoms with Gasteiger partial charge in [0.25, 0.3) is 5.91 Å². The molecule has 3 aromatic rings. The Bertz CT molecular complexity index is 807. The highest BCUT2D eigenvalue weighted by molar-refractivity contribution is 6.06. The molecule has 0 radical (unpaired) electrons. The average molecular weight is 334 g/mol. The van der Waals surface area contributed by atoms with Gasteiger partial charge in [-0.15, -0.1) is 0 Å². The second kappa shape index (κ2) is 8.49. The number of hydrogen-bond donors (Lipinski definition) is 1. The second-order valence-corrected chi connectivity index (χ2v) is 5.20. The summed E-state index contributed by atoms with van der Waals surface area (Å²) in [7, 11) is 0. The van der Waals surface area contributed by atoms with Crippen molar-refractivity contribution < 1.29 is 14.3 Å². The van der Waals surface area contributed by atoms with E-state index in [1.807, 2.05) is 36.4 Å². The topological polar surface area (TPSA) is 60.5 Å². The minimum Gasteiger partial charge on any atom is -0.490 e. The first kappa shape index (κ1) is 16.5. The molecular weight excluding hydrogens is 316 g/mol. The molecule has 1 N–H and O–H groups in total. The summed E-state index contributed by atoms with van der Waals surface area (Å²) in [4.78, 5) is 16.4. The molecule has 1 aromatic heterocycles. The monoisotopic (exact) mass is 334 g/mol. The van der Waals surface area contributed by atoms with Crippen LogP contribution in [0.1, 0.15) is 10.4 Å². The summed E-state index contributed by atoms with van der Waals surface area (Å²) in [5.41, 5.74) is 1.15. The van der Waals surface area contributed by atoms with Crippen LogP contribution in [0.25, 0.3) is 0 Å². The summed E-state index contributed by atoms with van der Waals surface area (Å²) in [5.74, 6) is 1.08. The molecule has 0 aliphatic carbocycles. The zero-order valence-corrected chi connectivity index (χ0v) is 13.6. The fourth-order valence-corrected chi connectivity index (χ4v) is 2.24. The quantitative estimate of drug-likeness (QED) is 0.668. The molecular formula is C20H18N2O3. The number of hydrogen-bond acceptors (Lipinski definition) is 4. The molecule has 2 aromatic carbocycles. The Balaban J connectivity index is 1.58. The smallest absolute Gasteiger partial charge is 0.259 e. The van der Waals surface area contributed by atoms with E-state index in [0.29, 0.717) is 30.2 Å². The van der Waals surface area contributed by atoms with Crippen molar-refractivity contribution in [1.29, 1.82) is 0 Å². The van der Waals surface area contributed by atoms with Crippen molar-refractivity contribution in [2.75, 3.05) is 18.5 Å². The molecule has 0 aliphatic heterocycles. The Morgan fingerprint density at radius 2 is 1.52 bits per heavy atom. The molecule has 0 atom stereocenters. The van der Waals surface area contributed by atoms with Gasteiger partial charge < -0.3 is 14.8 Å². The van der Waals surface area contributed by atoms with E-state index in [1.165, 1.54) is 0 Å². The number of benzene rings is 2. The van der Waals surface area contributed by atoms with E-state index in [2.05, 4.69) is 10.3 Å². The van der Waals surface area contributed by atoms with Crippen molar-refractivity contribution >= 4 is 11.6 Å². The molecule has 3 rings (SSSR count). The average Bonchev–Trinajstić information content (AvgIpc) is 2.67. The lowest BCUT2D eigenvalue weighted by Gasteiger charge is -2.12. The minimum absolute atomic E-state index is 0.231. The zero-order chi connectivity index (χ0) is 17.3. The maximum absolute atomic E-state index is 12.4. The Morgan fingerprint density at radius 3 is 2.32 bits per heavy atom. The van der Waals surface area contributed by atoms with Crippen molar-refractivity contribution in [1.82, 2.24) is 4.98 Å². The van der Waals surface area contributed by atoms with E-state index in [1.54, 1.807) is 42.7 Å². The number of nitrogens with one attached hydrogen (secondary N) is 1. The molecule has 0 saturated heterocycles. The summed E-state index contributed by atoms with van der Waals surface area (Å²) >= 11 is 0. The van der Waals surface area contributed by atoms with Crippen LogP contribution in [0.4, 0.5) is 5.69 Å². The van der Waals surface area contributed by atoms with Crippen molar-refractivity contribution in [3.63, 3.8) is 0 Å². The molecule has 25 heavy (non-hydrogen) atoms. The summed E-state index contributed by atoms with van der Waals surface area (Å²) in [6, 6.07) is 20.1. The molecule has 0 spiro atoms. The van der Waals surface area contributed by atoms with Gasteiger partial charge in [-0.25, -0.2) is 0 Å². The lowest BCUT2D eigenvalue weighted by Crippen LogP contribution is -2.15. The Kier molecular flexibility index (Phi) is 5.61. The number of aromatic nitrogens is 1. The van der Waals surface area contributed by atoms with Crippen LogP contribution in [0.15, 0.2) is 79.1 Å². The van der Waals surface area contributed by atoms with Crippen LogP contribution in [0.3, 0.4) is 0 Å². The van der Waals surface area contributed by atoms with Crippen LogP contribution in [0.5, 0.6) is 11.5 Å². The number of carbonyl (C=O) groups excluding carboxylic acids is 1. The summed E-state index contributed by atoms with van der Waals surface area (Å²) < 4.78 is 11.3. The van der Waals surface area contributed by atoms with Crippen molar-refractivity contribution in [2.24, 2.45) is 0 Å². The minimum atomic E-state index is -0.231. The van der Waals surface area contributed by atoms with Gasteiger partial charge in [0.05, 0.1) is 5.56 Å². The fourth-order valence-electron chi connectivity index (χ4n) is 2.24. The first-order valence-electron chi connectivity index (χ1n) is 7.94. The highest BCUT2D eigenvalue weighted by Gasteiger charge is 2.12. The summed E-state index contributed by atoms with van der Waals surface area (Å²) in [6.07, 6.45) is 3.25. The van der Waals surface area contributed by atoms with Gasteiger partial charge in [-0.2, -0.15) is 0 Å². The highest BCUT2D eigenvalue weighted by Crippen LogP contribution is 2.19. The van der Waals surface area contributed by atoms with E-state index in [0.717, 1.165) is 5.75 Å². The molecule has 5 nitrogen and oxygen atoms in total. The molecule has 0 unspecified atom stereocenters. The number of anilines is 1. The Hall–Kier alpha value is -3.34. The van der Waals surface area contributed by atoms with Crippen LogP contribution < -0.4 is 14.8 Å². The van der Waals surface area contributed by atoms with Gasteiger partial charge in [0.15, 0.2) is 0 Å². The number of nitrogens with zero attached hydrogens (tertiary/aromatic N) is 1. The summed E-state index contributed by atoms with van der Waals surface area (Å²) in [6.45, 7) is 0.735. The molecule has 0 bridgehead atoms. The van der Waals surface area contributed by atoms with Gasteiger partial charge in [0.1, 0.15) is 24.7 Å². The summed E-state index contributed by atoms with van der Waals surface area (Å²) in [5, 5.41) is 2.82. The van der Waals surface area contributed by atoms with Crippen molar-refractivity contribution in [3.05, 3.63) is 84.7 Å². The number of para-hydroxylation sites is 2. The van der Waals surface area contributed by atoms with Crippen molar-refractivity contribution in [3.8, 4) is 11.5 Å². The fraction of sp³-hybridized carbons (Fsp3) is 0.100. The maximum Gasteiger partial charge on any atom is 0.259 e. The van der Waals surface area contributed by atoms with E-state index >= 15 is 0 Å². The van der Waals surface area contributed by atoms with Crippen LogP contribution >= 0.6 is 0 Å². The third-order valence-corrected chi connectivity index (χ3v) is 3.42. The predicted octanol–water partition coefficient (Wildman–Crippen LogP) is 3.79. The number of pyridine rings is 1. The maximum atomic E-state index is 12.4. The van der Waals surface area contributed by atoms with Gasteiger partial charge in [0, 0.05) is 18.1 Å². The lowest BCUT2D eigenvalue weighted by atomic mass is 10.2. The molecule has 1 amide bonds. The molecule has 5 heteroatoms. The third-order valence-electron chi connectivity index (χ3n) is 3.42. The predicted molar refractivity (Wildman–Crippen MR) is 96.1 cm³/mol. The number of amides is 1. The van der Waals surface area contributed by atoms with Gasteiger partial charge in [-0.05, 0) is 36.4 Å². The molecule has 0 aliphatic rings. The van der Waals surface area contributed by atoms with E-state index in [-0.39, 0.29) is 5.91 Å². The third kappa shape index (κ3) is 4.81. The number of rotatable bonds is 7. The molecule has 126 valence electrons. The van der Waals surface area contributed by atoms with Gasteiger partial charge >= 0.3 is 0 Å². The second-order valence-electron chi connectivity index (χ2n) is 5.20. The van der Waals surface area contributed by atoms with Gasteiger partial charge in [-0.1, -0.05) is 30.3 Å².